The molecule has 1 atom stereocenters. The van der Waals surface area contributed by atoms with Crippen LogP contribution in [0, 0.1) is 5.92 Å². The maximum absolute atomic E-state index is 11.3. The van der Waals surface area contributed by atoms with Crippen LogP contribution in [0.3, 0.4) is 0 Å². The van der Waals surface area contributed by atoms with E-state index in [1.165, 1.54) is 19.4 Å². The lowest BCUT2D eigenvalue weighted by atomic mass is 9.83. The first-order chi connectivity index (χ1) is 11.1. The van der Waals surface area contributed by atoms with Crippen LogP contribution < -0.4 is 5.32 Å². The van der Waals surface area contributed by atoms with Crippen molar-refractivity contribution in [2.75, 3.05) is 26.2 Å². The van der Waals surface area contributed by atoms with Crippen LogP contribution in [0.15, 0.2) is 0 Å². The predicted molar refractivity (Wildman–Crippen MR) is 78.4 cm³/mol. The standard InChI is InChI=1S/C13H22N2O2.C2HF3O2/c1-10-13(17-9-12(16)14-10)4-6-15(7-5-13)8-11-2-3-11;3-2(4,5)1(6)7/h10-11H,2-9H2,1H3,(H,14,16);(H,6,7). The molecule has 24 heavy (non-hydrogen) atoms. The lowest BCUT2D eigenvalue weighted by Gasteiger charge is -2.47. The van der Waals surface area contributed by atoms with Gasteiger partial charge in [-0.2, -0.15) is 13.2 Å². The highest BCUT2D eigenvalue weighted by Gasteiger charge is 2.44. The largest absolute Gasteiger partial charge is 0.490 e. The topological polar surface area (TPSA) is 78.9 Å². The Bertz CT molecular complexity index is 472. The molecule has 0 radical (unpaired) electrons. The Hall–Kier alpha value is -1.35. The first-order valence-corrected chi connectivity index (χ1v) is 8.08. The maximum atomic E-state index is 11.3. The van der Waals surface area contributed by atoms with Gasteiger partial charge in [0.2, 0.25) is 5.91 Å². The number of ether oxygens (including phenoxy) is 1. The molecular weight excluding hydrogens is 329 g/mol. The minimum atomic E-state index is -5.08. The number of carbonyl (C=O) groups excluding carboxylic acids is 1. The number of aliphatic carboxylic acids is 1. The Morgan fingerprint density at radius 3 is 2.33 bits per heavy atom. The smallest absolute Gasteiger partial charge is 0.475 e. The molecule has 3 aliphatic rings. The van der Waals surface area contributed by atoms with Crippen molar-refractivity contribution in [1.29, 1.82) is 0 Å². The van der Waals surface area contributed by atoms with Gasteiger partial charge in [0, 0.05) is 19.6 Å². The zero-order valence-corrected chi connectivity index (χ0v) is 13.6. The van der Waals surface area contributed by atoms with Gasteiger partial charge < -0.3 is 20.1 Å². The van der Waals surface area contributed by atoms with Gasteiger partial charge in [-0.15, -0.1) is 0 Å². The zero-order chi connectivity index (χ0) is 18.0. The van der Waals surface area contributed by atoms with E-state index in [0.717, 1.165) is 31.8 Å². The summed E-state index contributed by atoms with van der Waals surface area (Å²) >= 11 is 0. The number of rotatable bonds is 2. The molecule has 2 saturated heterocycles. The summed E-state index contributed by atoms with van der Waals surface area (Å²) < 4.78 is 37.6. The molecule has 2 heterocycles. The van der Waals surface area contributed by atoms with E-state index in [2.05, 4.69) is 17.1 Å². The number of hydrogen-bond acceptors (Lipinski definition) is 4. The highest BCUT2D eigenvalue weighted by Crippen LogP contribution is 2.35. The Labute approximate surface area is 138 Å². The van der Waals surface area contributed by atoms with E-state index in [1.807, 2.05) is 0 Å². The lowest BCUT2D eigenvalue weighted by Crippen LogP contribution is -2.62. The number of piperidine rings is 1. The van der Waals surface area contributed by atoms with E-state index in [1.54, 1.807) is 0 Å². The highest BCUT2D eigenvalue weighted by molar-refractivity contribution is 5.78. The van der Waals surface area contributed by atoms with Gasteiger partial charge in [-0.1, -0.05) is 0 Å². The summed E-state index contributed by atoms with van der Waals surface area (Å²) in [5.41, 5.74) is -0.0893. The van der Waals surface area contributed by atoms with E-state index >= 15 is 0 Å². The van der Waals surface area contributed by atoms with E-state index in [-0.39, 0.29) is 24.2 Å². The van der Waals surface area contributed by atoms with Gasteiger partial charge in [0.25, 0.3) is 0 Å². The molecule has 1 saturated carbocycles. The van der Waals surface area contributed by atoms with Crippen molar-refractivity contribution in [2.45, 2.75) is 50.4 Å². The number of nitrogens with one attached hydrogen (secondary N) is 1. The van der Waals surface area contributed by atoms with Gasteiger partial charge in [-0.05, 0) is 38.5 Å². The van der Waals surface area contributed by atoms with Crippen molar-refractivity contribution < 1.29 is 32.6 Å². The molecule has 9 heteroatoms. The first kappa shape index (κ1) is 19.0. The third-order valence-corrected chi connectivity index (χ3v) is 4.82. The van der Waals surface area contributed by atoms with Crippen molar-refractivity contribution in [3.63, 3.8) is 0 Å². The van der Waals surface area contributed by atoms with E-state index < -0.39 is 12.1 Å². The molecule has 1 spiro atoms. The van der Waals surface area contributed by atoms with Gasteiger partial charge in [-0.25, -0.2) is 4.79 Å². The number of carbonyl (C=O) groups is 2. The second-order valence-corrected chi connectivity index (χ2v) is 6.69. The average Bonchev–Trinajstić information content (AvgIpc) is 3.29. The van der Waals surface area contributed by atoms with Crippen LogP contribution in [0.4, 0.5) is 13.2 Å². The monoisotopic (exact) mass is 352 g/mol. The number of alkyl halides is 3. The fourth-order valence-electron chi connectivity index (χ4n) is 3.11. The molecule has 1 aliphatic carbocycles. The molecule has 6 nitrogen and oxygen atoms in total. The zero-order valence-electron chi connectivity index (χ0n) is 13.6. The molecule has 138 valence electrons. The summed E-state index contributed by atoms with van der Waals surface area (Å²) in [7, 11) is 0. The predicted octanol–water partition coefficient (Wildman–Crippen LogP) is 1.40. The summed E-state index contributed by atoms with van der Waals surface area (Å²) in [6.45, 7) is 5.84. The van der Waals surface area contributed by atoms with Crippen molar-refractivity contribution in [1.82, 2.24) is 10.2 Å². The number of carboxylic acids is 1. The number of hydrogen-bond donors (Lipinski definition) is 2. The minimum Gasteiger partial charge on any atom is -0.475 e. The quantitative estimate of drug-likeness (QED) is 0.785. The fraction of sp³-hybridized carbons (Fsp3) is 0.867. The molecule has 3 fully saturated rings. The molecule has 3 rings (SSSR count). The van der Waals surface area contributed by atoms with E-state index in [4.69, 9.17) is 14.6 Å². The Kier molecular flexibility index (Phi) is 5.74. The second-order valence-electron chi connectivity index (χ2n) is 6.69. The van der Waals surface area contributed by atoms with E-state index in [9.17, 15) is 18.0 Å². The van der Waals surface area contributed by atoms with Crippen LogP contribution in [0.2, 0.25) is 0 Å². The van der Waals surface area contributed by atoms with Gasteiger partial charge in [0.05, 0.1) is 11.6 Å². The molecule has 0 aromatic rings. The van der Waals surface area contributed by atoms with Crippen molar-refractivity contribution in [2.24, 2.45) is 5.92 Å². The molecule has 1 unspecified atom stereocenters. The number of carboxylic acid groups (broad SMARTS) is 1. The normalized spacial score (nSPS) is 27.2. The Balaban J connectivity index is 0.000000256. The summed E-state index contributed by atoms with van der Waals surface area (Å²) in [6.07, 6.45) is -0.127. The highest BCUT2D eigenvalue weighted by atomic mass is 19.4. The number of likely N-dealkylation sites (tertiary alicyclic amines) is 1. The van der Waals surface area contributed by atoms with Crippen LogP contribution in [0.25, 0.3) is 0 Å². The van der Waals surface area contributed by atoms with Crippen LogP contribution in [-0.2, 0) is 14.3 Å². The van der Waals surface area contributed by atoms with Crippen molar-refractivity contribution in [3.8, 4) is 0 Å². The number of morpholine rings is 1. The van der Waals surface area contributed by atoms with Crippen molar-refractivity contribution in [3.05, 3.63) is 0 Å². The summed E-state index contributed by atoms with van der Waals surface area (Å²) in [5, 5.41) is 10.2. The van der Waals surface area contributed by atoms with E-state index in [0.29, 0.717) is 0 Å². The van der Waals surface area contributed by atoms with Gasteiger partial charge in [0.15, 0.2) is 0 Å². The third-order valence-electron chi connectivity index (χ3n) is 4.82. The molecule has 2 N–H and O–H groups in total. The van der Waals surface area contributed by atoms with Crippen molar-refractivity contribution >= 4 is 11.9 Å². The van der Waals surface area contributed by atoms with Crippen LogP contribution in [0.5, 0.6) is 0 Å². The first-order valence-electron chi connectivity index (χ1n) is 8.08. The van der Waals surface area contributed by atoms with Gasteiger partial charge in [-0.3, -0.25) is 4.79 Å². The SMILES string of the molecule is CC1NC(=O)COC12CCN(CC1CC1)CC2.O=C(O)C(F)(F)F. The van der Waals surface area contributed by atoms with Crippen LogP contribution in [0.1, 0.15) is 32.6 Å². The molecule has 0 aromatic heterocycles. The fourth-order valence-corrected chi connectivity index (χ4v) is 3.11. The summed E-state index contributed by atoms with van der Waals surface area (Å²) in [6, 6.07) is 0.159. The molecule has 1 amide bonds. The summed E-state index contributed by atoms with van der Waals surface area (Å²) in [4.78, 5) is 22.7. The number of halogens is 3. The second kappa shape index (κ2) is 7.26. The summed E-state index contributed by atoms with van der Waals surface area (Å²) in [5.74, 6) is -1.76. The van der Waals surface area contributed by atoms with Crippen LogP contribution >= 0.6 is 0 Å². The minimum absolute atomic E-state index is 0.0311. The van der Waals surface area contributed by atoms with Crippen LogP contribution in [-0.4, -0.2) is 65.9 Å². The molecule has 0 aromatic carbocycles. The number of amides is 1. The van der Waals surface area contributed by atoms with Gasteiger partial charge >= 0.3 is 12.1 Å². The number of nitrogens with zero attached hydrogens (tertiary/aromatic N) is 1. The molecular formula is C15H23F3N2O4. The average molecular weight is 352 g/mol. The molecule has 0 bridgehead atoms. The third kappa shape index (κ3) is 5.07. The maximum Gasteiger partial charge on any atom is 0.490 e. The Morgan fingerprint density at radius 1 is 1.38 bits per heavy atom. The van der Waals surface area contributed by atoms with Gasteiger partial charge in [0.1, 0.15) is 6.61 Å². The Morgan fingerprint density at radius 2 is 1.92 bits per heavy atom. The lowest BCUT2D eigenvalue weighted by molar-refractivity contribution is -0.192. The molecule has 2 aliphatic heterocycles.